The Morgan fingerprint density at radius 3 is 2.67 bits per heavy atom. The average Bonchev–Trinajstić information content (AvgIpc) is 2.17. The molecule has 0 rings (SSSR count). The number of nitrogens with one attached hydrogen (secondary N) is 1. The Hall–Kier alpha value is -1.52. The highest BCUT2D eigenvalue weighted by Crippen LogP contribution is 1.99. The van der Waals surface area contributed by atoms with Crippen molar-refractivity contribution in [1.82, 2.24) is 10.2 Å². The van der Waals surface area contributed by atoms with Gasteiger partial charge in [-0.2, -0.15) is 0 Å². The Morgan fingerprint density at radius 1 is 1.60 bits per heavy atom. The third kappa shape index (κ3) is 5.72. The van der Waals surface area contributed by atoms with E-state index in [0.717, 1.165) is 0 Å². The van der Waals surface area contributed by atoms with E-state index in [1.807, 2.05) is 0 Å². The molecule has 0 aliphatic heterocycles. The van der Waals surface area contributed by atoms with Crippen molar-refractivity contribution >= 4 is 12.0 Å². The van der Waals surface area contributed by atoms with Crippen molar-refractivity contribution in [3.8, 4) is 0 Å². The fraction of sp³-hybridized carbons (Fsp3) is 0.600. The van der Waals surface area contributed by atoms with Gasteiger partial charge in [0.05, 0.1) is 5.92 Å². The van der Waals surface area contributed by atoms with Gasteiger partial charge in [0.1, 0.15) is 0 Å². The van der Waals surface area contributed by atoms with Crippen LogP contribution in [0.25, 0.3) is 0 Å². The number of likely N-dealkylation sites (N-methyl/N-ethyl adjacent to an activating group) is 1. The quantitative estimate of drug-likeness (QED) is 0.646. The maximum Gasteiger partial charge on any atom is 0.317 e. The summed E-state index contributed by atoms with van der Waals surface area (Å²) in [5, 5.41) is 11.2. The van der Waals surface area contributed by atoms with E-state index in [0.29, 0.717) is 19.5 Å². The molecule has 0 heterocycles. The van der Waals surface area contributed by atoms with Crippen molar-refractivity contribution in [3.05, 3.63) is 12.7 Å². The van der Waals surface area contributed by atoms with Crippen LogP contribution in [0.3, 0.4) is 0 Å². The van der Waals surface area contributed by atoms with Gasteiger partial charge in [-0.3, -0.25) is 4.79 Å². The summed E-state index contributed by atoms with van der Waals surface area (Å²) in [4.78, 5) is 23.2. The molecule has 0 bridgehead atoms. The molecule has 0 spiro atoms. The Balaban J connectivity index is 3.72. The smallest absolute Gasteiger partial charge is 0.317 e. The van der Waals surface area contributed by atoms with Crippen molar-refractivity contribution in [2.75, 3.05) is 20.1 Å². The number of carboxylic acids is 1. The van der Waals surface area contributed by atoms with E-state index in [9.17, 15) is 9.59 Å². The zero-order valence-electron chi connectivity index (χ0n) is 9.19. The number of urea groups is 1. The molecule has 0 aromatic heterocycles. The second-order valence-corrected chi connectivity index (χ2v) is 3.43. The van der Waals surface area contributed by atoms with Crippen molar-refractivity contribution in [3.63, 3.8) is 0 Å². The number of hydrogen-bond donors (Lipinski definition) is 2. The topological polar surface area (TPSA) is 69.6 Å². The van der Waals surface area contributed by atoms with Gasteiger partial charge in [0.25, 0.3) is 0 Å². The van der Waals surface area contributed by atoms with Gasteiger partial charge in [0.2, 0.25) is 0 Å². The molecule has 0 radical (unpaired) electrons. The van der Waals surface area contributed by atoms with Crippen LogP contribution in [-0.4, -0.2) is 42.1 Å². The largest absolute Gasteiger partial charge is 0.481 e. The van der Waals surface area contributed by atoms with E-state index in [-0.39, 0.29) is 6.03 Å². The summed E-state index contributed by atoms with van der Waals surface area (Å²) >= 11 is 0. The molecule has 0 saturated heterocycles. The van der Waals surface area contributed by atoms with Crippen molar-refractivity contribution in [2.24, 2.45) is 5.92 Å². The van der Waals surface area contributed by atoms with E-state index in [4.69, 9.17) is 5.11 Å². The first kappa shape index (κ1) is 13.5. The predicted molar refractivity (Wildman–Crippen MR) is 57.6 cm³/mol. The minimum Gasteiger partial charge on any atom is -0.481 e. The first-order chi connectivity index (χ1) is 6.99. The summed E-state index contributed by atoms with van der Waals surface area (Å²) in [5.74, 6) is -1.28. The summed E-state index contributed by atoms with van der Waals surface area (Å²) in [5.41, 5.74) is 0. The van der Waals surface area contributed by atoms with Crippen LogP contribution < -0.4 is 5.32 Å². The summed E-state index contributed by atoms with van der Waals surface area (Å²) in [7, 11) is 1.65. The highest BCUT2D eigenvalue weighted by Gasteiger charge is 2.11. The van der Waals surface area contributed by atoms with Crippen molar-refractivity contribution in [1.29, 1.82) is 0 Å². The highest BCUT2D eigenvalue weighted by atomic mass is 16.4. The summed E-state index contributed by atoms with van der Waals surface area (Å²) in [6, 6.07) is -0.215. The molecule has 15 heavy (non-hydrogen) atoms. The molecule has 2 amide bonds. The molecule has 5 nitrogen and oxygen atoms in total. The van der Waals surface area contributed by atoms with Gasteiger partial charge in [-0.05, 0) is 6.42 Å². The molecule has 0 saturated carbocycles. The molecular weight excluding hydrogens is 196 g/mol. The Labute approximate surface area is 89.8 Å². The van der Waals surface area contributed by atoms with Crippen LogP contribution in [0.1, 0.15) is 13.3 Å². The molecule has 2 N–H and O–H groups in total. The fourth-order valence-corrected chi connectivity index (χ4v) is 0.931. The monoisotopic (exact) mass is 214 g/mol. The van der Waals surface area contributed by atoms with Crippen molar-refractivity contribution in [2.45, 2.75) is 13.3 Å². The molecule has 0 fully saturated rings. The molecule has 0 aromatic carbocycles. The van der Waals surface area contributed by atoms with Crippen LogP contribution in [0.2, 0.25) is 0 Å². The van der Waals surface area contributed by atoms with Crippen LogP contribution in [-0.2, 0) is 4.79 Å². The molecule has 0 aliphatic rings. The number of rotatable bonds is 6. The maximum atomic E-state index is 11.3. The predicted octanol–water partition coefficient (Wildman–Crippen LogP) is 0.925. The van der Waals surface area contributed by atoms with E-state index in [2.05, 4.69) is 11.9 Å². The summed E-state index contributed by atoms with van der Waals surface area (Å²) < 4.78 is 0. The molecular formula is C10H18N2O3. The van der Waals surface area contributed by atoms with Crippen molar-refractivity contribution < 1.29 is 14.7 Å². The van der Waals surface area contributed by atoms with Crippen LogP contribution in [0, 0.1) is 5.92 Å². The van der Waals surface area contributed by atoms with E-state index < -0.39 is 11.9 Å². The molecule has 1 atom stereocenters. The van der Waals surface area contributed by atoms with Gasteiger partial charge >= 0.3 is 12.0 Å². The Kier molecular flexibility index (Phi) is 6.17. The van der Waals surface area contributed by atoms with Crippen LogP contribution in [0.5, 0.6) is 0 Å². The standard InChI is InChI=1S/C10H18N2O3/c1-4-7-12(3)10(15)11-6-5-8(2)9(13)14/h4,8H,1,5-7H2,2-3H3,(H,11,15)(H,13,14). The number of hydrogen-bond acceptors (Lipinski definition) is 2. The molecule has 1 unspecified atom stereocenters. The summed E-state index contributed by atoms with van der Waals surface area (Å²) in [6.07, 6.45) is 2.06. The van der Waals surface area contributed by atoms with Gasteiger partial charge < -0.3 is 15.3 Å². The van der Waals surface area contributed by atoms with Gasteiger partial charge in [-0.25, -0.2) is 4.79 Å². The van der Waals surface area contributed by atoms with Gasteiger partial charge in [-0.1, -0.05) is 13.0 Å². The second-order valence-electron chi connectivity index (χ2n) is 3.43. The number of carbonyl (C=O) groups excluding carboxylic acids is 1. The van der Waals surface area contributed by atoms with E-state index in [1.54, 1.807) is 20.0 Å². The van der Waals surface area contributed by atoms with Gasteiger partial charge in [0, 0.05) is 20.1 Å². The highest BCUT2D eigenvalue weighted by molar-refractivity contribution is 5.74. The fourth-order valence-electron chi connectivity index (χ4n) is 0.931. The lowest BCUT2D eigenvalue weighted by molar-refractivity contribution is -0.141. The third-order valence-corrected chi connectivity index (χ3v) is 2.02. The molecule has 0 aliphatic carbocycles. The minimum absolute atomic E-state index is 0.215. The lowest BCUT2D eigenvalue weighted by Crippen LogP contribution is -2.38. The van der Waals surface area contributed by atoms with Gasteiger partial charge in [-0.15, -0.1) is 6.58 Å². The van der Waals surface area contributed by atoms with Crippen LogP contribution in [0.4, 0.5) is 4.79 Å². The SMILES string of the molecule is C=CCN(C)C(=O)NCCC(C)C(=O)O. The normalized spacial score (nSPS) is 11.6. The second kappa shape index (κ2) is 6.86. The maximum absolute atomic E-state index is 11.3. The zero-order chi connectivity index (χ0) is 11.8. The average molecular weight is 214 g/mol. The van der Waals surface area contributed by atoms with Gasteiger partial charge in [0.15, 0.2) is 0 Å². The molecule has 5 heteroatoms. The Morgan fingerprint density at radius 2 is 2.20 bits per heavy atom. The molecule has 86 valence electrons. The van der Waals surface area contributed by atoms with E-state index in [1.165, 1.54) is 4.90 Å². The minimum atomic E-state index is -0.844. The van der Waals surface area contributed by atoms with E-state index >= 15 is 0 Å². The number of amides is 2. The van der Waals surface area contributed by atoms with Crippen LogP contribution in [0.15, 0.2) is 12.7 Å². The zero-order valence-corrected chi connectivity index (χ0v) is 9.19. The van der Waals surface area contributed by atoms with Crippen LogP contribution >= 0.6 is 0 Å². The molecule has 0 aromatic rings. The Bertz CT molecular complexity index is 241. The first-order valence-corrected chi connectivity index (χ1v) is 4.81. The number of aliphatic carboxylic acids is 1. The summed E-state index contributed by atoms with van der Waals surface area (Å²) in [6.45, 7) is 5.97. The lowest BCUT2D eigenvalue weighted by Gasteiger charge is -2.16. The number of carbonyl (C=O) groups is 2. The number of carboxylic acid groups (broad SMARTS) is 1. The first-order valence-electron chi connectivity index (χ1n) is 4.81. The number of nitrogens with zero attached hydrogens (tertiary/aromatic N) is 1. The lowest BCUT2D eigenvalue weighted by atomic mass is 10.1. The third-order valence-electron chi connectivity index (χ3n) is 2.02.